The molecule has 0 aromatic heterocycles. The lowest BCUT2D eigenvalue weighted by atomic mass is 10.3. The van der Waals surface area contributed by atoms with Gasteiger partial charge < -0.3 is 0 Å². The Hall–Kier alpha value is -0.780. The van der Waals surface area contributed by atoms with Crippen molar-refractivity contribution in [3.8, 4) is 11.1 Å². The maximum absolute atomic E-state index is 2.24. The van der Waals surface area contributed by atoms with Gasteiger partial charge in [-0.3, -0.25) is 0 Å². The molecule has 8 heavy (non-hydrogen) atoms. The highest BCUT2D eigenvalue weighted by molar-refractivity contribution is 5.87. The molecular weight excluding hydrogens is 96.1 g/mol. The van der Waals surface area contributed by atoms with E-state index in [1.165, 1.54) is 22.3 Å². The van der Waals surface area contributed by atoms with Crippen molar-refractivity contribution in [2.45, 2.75) is 13.8 Å². The minimum atomic E-state index is 1.44. The van der Waals surface area contributed by atoms with E-state index in [0.717, 1.165) is 0 Å². The van der Waals surface area contributed by atoms with E-state index in [9.17, 15) is 0 Å². The summed E-state index contributed by atoms with van der Waals surface area (Å²) in [6.45, 7) is 4.32. The second kappa shape index (κ2) is 0.970. The largest absolute Gasteiger partial charge is 0.0551 e. The Morgan fingerprint density at radius 2 is 1.38 bits per heavy atom. The van der Waals surface area contributed by atoms with E-state index < -0.39 is 0 Å². The Kier molecular flexibility index (Phi) is 0.501. The average Bonchev–Trinajstić information content (AvgIpc) is 2.35. The molecule has 0 heteroatoms. The quantitative estimate of drug-likeness (QED) is 0.481. The van der Waals surface area contributed by atoms with Crippen LogP contribution in [0.4, 0.5) is 0 Å². The summed E-state index contributed by atoms with van der Waals surface area (Å²) in [6.07, 6.45) is 0. The normalized spacial score (nSPS) is 11.8. The van der Waals surface area contributed by atoms with Gasteiger partial charge in [-0.1, -0.05) is 6.07 Å². The van der Waals surface area contributed by atoms with Gasteiger partial charge in [-0.25, -0.2) is 0 Å². The third kappa shape index (κ3) is 0.313. The average molecular weight is 104 g/mol. The first-order valence-electron chi connectivity index (χ1n) is 2.90. The minimum Gasteiger partial charge on any atom is -0.0551 e. The van der Waals surface area contributed by atoms with Crippen LogP contribution < -0.4 is 0 Å². The van der Waals surface area contributed by atoms with Gasteiger partial charge >= 0.3 is 0 Å². The van der Waals surface area contributed by atoms with Crippen LogP contribution in [0.3, 0.4) is 0 Å². The summed E-state index contributed by atoms with van der Waals surface area (Å²) in [6, 6.07) is 4.48. The summed E-state index contributed by atoms with van der Waals surface area (Å²) < 4.78 is 0. The van der Waals surface area contributed by atoms with Crippen molar-refractivity contribution in [3.63, 3.8) is 0 Å². The number of rotatable bonds is 0. The lowest BCUT2D eigenvalue weighted by Crippen LogP contribution is -1.57. The second-order valence-corrected chi connectivity index (χ2v) is 2.48. The molecule has 0 bridgehead atoms. The maximum atomic E-state index is 2.24. The van der Waals surface area contributed by atoms with Crippen molar-refractivity contribution in [1.82, 2.24) is 0 Å². The fourth-order valence-corrected chi connectivity index (χ4v) is 1.24. The van der Waals surface area contributed by atoms with Gasteiger partial charge in [-0.2, -0.15) is 0 Å². The van der Waals surface area contributed by atoms with Crippen LogP contribution in [0.2, 0.25) is 0 Å². The molecule has 0 saturated carbocycles. The molecular formula is C8H8. The zero-order chi connectivity index (χ0) is 5.72. The van der Waals surface area contributed by atoms with Gasteiger partial charge in [0.25, 0.3) is 0 Å². The van der Waals surface area contributed by atoms with Crippen LogP contribution in [0.25, 0.3) is 11.1 Å². The molecule has 0 atom stereocenters. The number of fused-ring (bicyclic) bond motifs is 1. The van der Waals surface area contributed by atoms with Gasteiger partial charge in [-0.05, 0) is 42.2 Å². The molecule has 0 nitrogen and oxygen atoms in total. The molecule has 0 N–H and O–H groups in total. The lowest BCUT2D eigenvalue weighted by Gasteiger charge is -1.75. The highest BCUT2D eigenvalue weighted by Gasteiger charge is 2.17. The first kappa shape index (κ1) is 4.13. The van der Waals surface area contributed by atoms with Crippen LogP contribution in [0.15, 0.2) is 12.1 Å². The van der Waals surface area contributed by atoms with Gasteiger partial charge in [-0.15, -0.1) is 0 Å². The predicted octanol–water partition coefficient (Wildman–Crippen LogP) is 2.28. The van der Waals surface area contributed by atoms with Crippen LogP contribution in [0, 0.1) is 13.8 Å². The lowest BCUT2D eigenvalue weighted by molar-refractivity contribution is 1.50. The van der Waals surface area contributed by atoms with Crippen molar-refractivity contribution in [1.29, 1.82) is 0 Å². The number of hydrogen-bond acceptors (Lipinski definition) is 0. The Labute approximate surface area is 49.2 Å². The zero-order valence-corrected chi connectivity index (χ0v) is 5.15. The van der Waals surface area contributed by atoms with Gasteiger partial charge in [0.05, 0.1) is 0 Å². The van der Waals surface area contributed by atoms with Gasteiger partial charge in [0.2, 0.25) is 0 Å². The molecule has 2 aliphatic rings. The number of hydrogen-bond donors (Lipinski definition) is 0. The summed E-state index contributed by atoms with van der Waals surface area (Å²) >= 11 is 0. The van der Waals surface area contributed by atoms with Crippen LogP contribution in [-0.2, 0) is 0 Å². The molecule has 40 valence electrons. The molecule has 0 saturated heterocycles. The first-order chi connectivity index (χ1) is 3.79. The molecule has 0 unspecified atom stereocenters. The SMILES string of the molecule is Cc1cc(C)c2cc1-2. The van der Waals surface area contributed by atoms with Gasteiger partial charge in [0, 0.05) is 0 Å². The van der Waals surface area contributed by atoms with Crippen LogP contribution >= 0.6 is 0 Å². The number of benzene rings is 1. The Balaban J connectivity index is 2.72. The third-order valence-electron chi connectivity index (χ3n) is 1.78. The van der Waals surface area contributed by atoms with Crippen molar-refractivity contribution in [3.05, 3.63) is 23.3 Å². The Bertz CT molecular complexity index is 223. The van der Waals surface area contributed by atoms with Crippen LogP contribution in [-0.4, -0.2) is 0 Å². The highest BCUT2D eigenvalue weighted by Crippen LogP contribution is 2.41. The summed E-state index contributed by atoms with van der Waals surface area (Å²) in [5.74, 6) is 0. The molecule has 2 aliphatic carbocycles. The van der Waals surface area contributed by atoms with E-state index in [0.29, 0.717) is 0 Å². The van der Waals surface area contributed by atoms with E-state index in [4.69, 9.17) is 0 Å². The molecule has 2 rings (SSSR count). The topological polar surface area (TPSA) is 0 Å². The maximum Gasteiger partial charge on any atom is -0.0145 e. The molecule has 0 radical (unpaired) electrons. The summed E-state index contributed by atoms with van der Waals surface area (Å²) in [4.78, 5) is 0. The predicted molar refractivity (Wildman–Crippen MR) is 34.9 cm³/mol. The molecule has 0 heterocycles. The Morgan fingerprint density at radius 1 is 0.875 bits per heavy atom. The van der Waals surface area contributed by atoms with Crippen molar-refractivity contribution < 1.29 is 0 Å². The van der Waals surface area contributed by atoms with E-state index >= 15 is 0 Å². The fraction of sp³-hybridized carbons (Fsp3) is 0.250. The smallest absolute Gasteiger partial charge is 0.0145 e. The molecule has 0 aromatic rings. The third-order valence-corrected chi connectivity index (χ3v) is 1.78. The van der Waals surface area contributed by atoms with Crippen molar-refractivity contribution in [2.24, 2.45) is 0 Å². The number of aryl methyl sites for hydroxylation is 2. The first-order valence-corrected chi connectivity index (χ1v) is 2.90. The summed E-state index contributed by atoms with van der Waals surface area (Å²) in [5.41, 5.74) is 5.86. The minimum absolute atomic E-state index is 1.44. The highest BCUT2D eigenvalue weighted by atomic mass is 14.2. The van der Waals surface area contributed by atoms with Crippen LogP contribution in [0.5, 0.6) is 0 Å². The van der Waals surface area contributed by atoms with Crippen molar-refractivity contribution in [2.75, 3.05) is 0 Å². The molecule has 0 spiro atoms. The van der Waals surface area contributed by atoms with Crippen molar-refractivity contribution >= 4 is 0 Å². The zero-order valence-electron chi connectivity index (χ0n) is 5.15. The molecule has 0 fully saturated rings. The summed E-state index contributed by atoms with van der Waals surface area (Å²) in [5, 5.41) is 0. The second-order valence-electron chi connectivity index (χ2n) is 2.48. The van der Waals surface area contributed by atoms with E-state index in [2.05, 4.69) is 26.0 Å². The molecule has 0 amide bonds. The monoisotopic (exact) mass is 104 g/mol. The fourth-order valence-electron chi connectivity index (χ4n) is 1.24. The van der Waals surface area contributed by atoms with Crippen LogP contribution in [0.1, 0.15) is 11.1 Å². The standard InChI is InChI=1S/C8H8/c1-5-3-6(2)8-4-7(5)8/h3-4H,1-2H3. The van der Waals surface area contributed by atoms with E-state index in [1.807, 2.05) is 0 Å². The Morgan fingerprint density at radius 3 is 1.50 bits per heavy atom. The molecule has 0 aliphatic heterocycles. The van der Waals surface area contributed by atoms with E-state index in [1.54, 1.807) is 0 Å². The summed E-state index contributed by atoms with van der Waals surface area (Å²) in [7, 11) is 0. The van der Waals surface area contributed by atoms with Gasteiger partial charge in [0.15, 0.2) is 0 Å². The van der Waals surface area contributed by atoms with Gasteiger partial charge in [0.1, 0.15) is 0 Å². The van der Waals surface area contributed by atoms with E-state index in [-0.39, 0.29) is 0 Å². The molecule has 0 aromatic carbocycles.